The highest BCUT2D eigenvalue weighted by Gasteiger charge is 2.40. The number of amides is 1. The van der Waals surface area contributed by atoms with E-state index in [1.807, 2.05) is 18.2 Å². The predicted molar refractivity (Wildman–Crippen MR) is 68.5 cm³/mol. The summed E-state index contributed by atoms with van der Waals surface area (Å²) in [6, 6.07) is 8.13. The third-order valence-corrected chi connectivity index (χ3v) is 3.57. The molecular weight excluding hydrogens is 212 g/mol. The lowest BCUT2D eigenvalue weighted by Crippen LogP contribution is -2.54. The molecule has 3 nitrogen and oxygen atoms in total. The van der Waals surface area contributed by atoms with Crippen molar-refractivity contribution in [1.29, 1.82) is 0 Å². The van der Waals surface area contributed by atoms with Gasteiger partial charge < -0.3 is 5.73 Å². The maximum Gasteiger partial charge on any atom is 0.242 e. The van der Waals surface area contributed by atoms with Crippen LogP contribution in [0, 0.1) is 0 Å². The van der Waals surface area contributed by atoms with Gasteiger partial charge in [-0.2, -0.15) is 0 Å². The molecule has 3 heteroatoms. The van der Waals surface area contributed by atoms with E-state index >= 15 is 0 Å². The van der Waals surface area contributed by atoms with Crippen LogP contribution in [0.2, 0.25) is 0 Å². The van der Waals surface area contributed by atoms with Crippen molar-refractivity contribution in [2.45, 2.75) is 38.1 Å². The lowest BCUT2D eigenvalue weighted by Gasteiger charge is -2.37. The molecule has 0 aromatic heterocycles. The maximum absolute atomic E-state index is 11.9. The van der Waals surface area contributed by atoms with Crippen molar-refractivity contribution >= 4 is 5.91 Å². The van der Waals surface area contributed by atoms with Crippen LogP contribution in [0.15, 0.2) is 24.3 Å². The zero-order valence-corrected chi connectivity index (χ0v) is 10.3. The Kier molecular flexibility index (Phi) is 3.48. The molecule has 1 amide bonds. The molecule has 0 fully saturated rings. The minimum atomic E-state index is -0.648. The van der Waals surface area contributed by atoms with Crippen molar-refractivity contribution in [3.8, 4) is 0 Å². The molecule has 3 N–H and O–H groups in total. The molecule has 0 bridgehead atoms. The molecule has 0 saturated heterocycles. The molecule has 1 unspecified atom stereocenters. The number of nitrogens with one attached hydrogen (secondary N) is 1. The van der Waals surface area contributed by atoms with Gasteiger partial charge in [0, 0.05) is 0 Å². The van der Waals surface area contributed by atoms with E-state index in [0.29, 0.717) is 0 Å². The summed E-state index contributed by atoms with van der Waals surface area (Å²) in [4.78, 5) is 11.9. The first-order valence-corrected chi connectivity index (χ1v) is 6.34. The van der Waals surface area contributed by atoms with Gasteiger partial charge >= 0.3 is 0 Å². The second-order valence-electron chi connectivity index (χ2n) is 4.71. The quantitative estimate of drug-likeness (QED) is 0.830. The fourth-order valence-corrected chi connectivity index (χ4v) is 2.70. The zero-order chi connectivity index (χ0) is 12.3. The zero-order valence-electron chi connectivity index (χ0n) is 10.3. The van der Waals surface area contributed by atoms with Gasteiger partial charge in [-0.05, 0) is 43.4 Å². The highest BCUT2D eigenvalue weighted by molar-refractivity contribution is 5.87. The van der Waals surface area contributed by atoms with Crippen molar-refractivity contribution in [1.82, 2.24) is 5.32 Å². The number of carbonyl (C=O) groups excluding carboxylic acids is 1. The van der Waals surface area contributed by atoms with E-state index in [0.717, 1.165) is 37.8 Å². The average molecular weight is 232 g/mol. The molecule has 2 rings (SSSR count). The molecule has 0 radical (unpaired) electrons. The Hall–Kier alpha value is -1.35. The van der Waals surface area contributed by atoms with Crippen LogP contribution in [0.3, 0.4) is 0 Å². The second-order valence-corrected chi connectivity index (χ2v) is 4.71. The summed E-state index contributed by atoms with van der Waals surface area (Å²) in [5.74, 6) is -0.252. The minimum Gasteiger partial charge on any atom is -0.368 e. The number of primary amides is 1. The number of benzene rings is 1. The summed E-state index contributed by atoms with van der Waals surface area (Å²) in [6.45, 7) is 2.91. The Labute approximate surface area is 102 Å². The molecule has 1 atom stereocenters. The summed E-state index contributed by atoms with van der Waals surface area (Å²) in [6.07, 6.45) is 3.85. The fourth-order valence-electron chi connectivity index (χ4n) is 2.70. The Balaban J connectivity index is 2.43. The fraction of sp³-hybridized carbons (Fsp3) is 0.500. The minimum absolute atomic E-state index is 0.252. The number of rotatable bonds is 4. The summed E-state index contributed by atoms with van der Waals surface area (Å²) in [7, 11) is 0. The van der Waals surface area contributed by atoms with E-state index < -0.39 is 5.54 Å². The summed E-state index contributed by atoms with van der Waals surface area (Å²) in [5.41, 5.74) is 7.34. The number of fused-ring (bicyclic) bond motifs is 1. The molecule has 0 spiro atoms. The van der Waals surface area contributed by atoms with Gasteiger partial charge in [0.25, 0.3) is 0 Å². The Morgan fingerprint density at radius 1 is 1.47 bits per heavy atom. The molecule has 1 aromatic carbocycles. The lowest BCUT2D eigenvalue weighted by molar-refractivity contribution is -0.125. The molecule has 1 aliphatic carbocycles. The van der Waals surface area contributed by atoms with Crippen LogP contribution in [0.25, 0.3) is 0 Å². The molecule has 1 aromatic rings. The Bertz CT molecular complexity index is 416. The predicted octanol–water partition coefficient (Wildman–Crippen LogP) is 1.70. The first kappa shape index (κ1) is 12.1. The second kappa shape index (κ2) is 4.88. The first-order valence-electron chi connectivity index (χ1n) is 6.34. The van der Waals surface area contributed by atoms with Crippen LogP contribution in [-0.2, 0) is 16.8 Å². The van der Waals surface area contributed by atoms with Gasteiger partial charge in [0.1, 0.15) is 5.54 Å². The van der Waals surface area contributed by atoms with Gasteiger partial charge in [-0.1, -0.05) is 31.2 Å². The van der Waals surface area contributed by atoms with Gasteiger partial charge in [-0.25, -0.2) is 0 Å². The largest absolute Gasteiger partial charge is 0.368 e. The van der Waals surface area contributed by atoms with E-state index in [-0.39, 0.29) is 5.91 Å². The maximum atomic E-state index is 11.9. The van der Waals surface area contributed by atoms with Crippen molar-refractivity contribution < 1.29 is 4.79 Å². The van der Waals surface area contributed by atoms with E-state index in [1.54, 1.807) is 0 Å². The van der Waals surface area contributed by atoms with Gasteiger partial charge in [0.05, 0.1) is 0 Å². The third-order valence-electron chi connectivity index (χ3n) is 3.57. The summed E-state index contributed by atoms with van der Waals surface area (Å²) < 4.78 is 0. The standard InChI is InChI=1S/C14H20N2O/c1-2-10-16-14(13(15)17)9-5-7-11-6-3-4-8-12(11)14/h3-4,6,8,16H,2,5,7,9-10H2,1H3,(H2,15,17). The van der Waals surface area contributed by atoms with Crippen LogP contribution < -0.4 is 11.1 Å². The van der Waals surface area contributed by atoms with E-state index in [1.165, 1.54) is 5.56 Å². The first-order chi connectivity index (χ1) is 8.20. The topological polar surface area (TPSA) is 55.1 Å². The van der Waals surface area contributed by atoms with E-state index in [9.17, 15) is 4.79 Å². The van der Waals surface area contributed by atoms with Crippen LogP contribution in [0.5, 0.6) is 0 Å². The molecule has 0 heterocycles. The third kappa shape index (κ3) is 2.07. The van der Waals surface area contributed by atoms with Crippen molar-refractivity contribution in [3.05, 3.63) is 35.4 Å². The Morgan fingerprint density at radius 3 is 2.94 bits per heavy atom. The van der Waals surface area contributed by atoms with Gasteiger partial charge in [0.15, 0.2) is 0 Å². The van der Waals surface area contributed by atoms with Crippen molar-refractivity contribution in [2.24, 2.45) is 5.73 Å². The summed E-state index contributed by atoms with van der Waals surface area (Å²) in [5, 5.41) is 3.37. The highest BCUT2D eigenvalue weighted by atomic mass is 16.1. The molecular formula is C14H20N2O. The van der Waals surface area contributed by atoms with Gasteiger partial charge in [-0.3, -0.25) is 10.1 Å². The number of nitrogens with two attached hydrogens (primary N) is 1. The van der Waals surface area contributed by atoms with E-state index in [4.69, 9.17) is 5.73 Å². The lowest BCUT2D eigenvalue weighted by atomic mass is 9.76. The molecule has 0 aliphatic heterocycles. The van der Waals surface area contributed by atoms with Crippen LogP contribution >= 0.6 is 0 Å². The van der Waals surface area contributed by atoms with Crippen LogP contribution in [0.1, 0.15) is 37.3 Å². The van der Waals surface area contributed by atoms with Crippen molar-refractivity contribution in [2.75, 3.05) is 6.54 Å². The van der Waals surface area contributed by atoms with Gasteiger partial charge in [0.2, 0.25) is 5.91 Å². The van der Waals surface area contributed by atoms with Crippen LogP contribution in [0.4, 0.5) is 0 Å². The molecule has 0 saturated carbocycles. The molecule has 17 heavy (non-hydrogen) atoms. The number of carbonyl (C=O) groups is 1. The smallest absolute Gasteiger partial charge is 0.242 e. The normalized spacial score (nSPS) is 23.1. The Morgan fingerprint density at radius 2 is 2.24 bits per heavy atom. The monoisotopic (exact) mass is 232 g/mol. The van der Waals surface area contributed by atoms with Crippen molar-refractivity contribution in [3.63, 3.8) is 0 Å². The molecule has 92 valence electrons. The molecule has 1 aliphatic rings. The summed E-state index contributed by atoms with van der Waals surface area (Å²) >= 11 is 0. The van der Waals surface area contributed by atoms with E-state index in [2.05, 4.69) is 18.3 Å². The number of aryl methyl sites for hydroxylation is 1. The average Bonchev–Trinajstić information content (AvgIpc) is 2.36. The number of hydrogen-bond donors (Lipinski definition) is 2. The highest BCUT2D eigenvalue weighted by Crippen LogP contribution is 2.35. The number of hydrogen-bond acceptors (Lipinski definition) is 2. The SMILES string of the molecule is CCCNC1(C(N)=O)CCCc2ccccc21. The van der Waals surface area contributed by atoms with Crippen LogP contribution in [-0.4, -0.2) is 12.5 Å². The van der Waals surface area contributed by atoms with Gasteiger partial charge in [-0.15, -0.1) is 0 Å².